The first-order valence-corrected chi connectivity index (χ1v) is 14.8. The average Bonchev–Trinajstić information content (AvgIpc) is 3.29. The van der Waals surface area contributed by atoms with Gasteiger partial charge in [-0.05, 0) is 72.7 Å². The number of carbonyl (C=O) groups is 1. The summed E-state index contributed by atoms with van der Waals surface area (Å²) in [6, 6.07) is 16.1. The number of halogens is 4. The van der Waals surface area contributed by atoms with E-state index >= 15 is 4.39 Å². The highest BCUT2D eigenvalue weighted by molar-refractivity contribution is 14.1. The second-order valence-corrected chi connectivity index (χ2v) is 11.1. The van der Waals surface area contributed by atoms with Crippen LogP contribution < -0.4 is 10.6 Å². The Morgan fingerprint density at radius 1 is 1.07 bits per heavy atom. The molecule has 3 aromatic carbocycles. The molecule has 0 bridgehead atoms. The summed E-state index contributed by atoms with van der Waals surface area (Å²) in [5, 5.41) is 4.40. The largest absolute Gasteiger partial charge is 0.369 e. The Bertz CT molecular complexity index is 1650. The summed E-state index contributed by atoms with van der Waals surface area (Å²) in [7, 11) is 0. The number of allylic oxidation sites excluding steroid dienone is 1. The highest BCUT2D eigenvalue weighted by Crippen LogP contribution is 2.32. The minimum Gasteiger partial charge on any atom is -0.369 e. The van der Waals surface area contributed by atoms with Gasteiger partial charge < -0.3 is 9.64 Å². The van der Waals surface area contributed by atoms with Crippen molar-refractivity contribution in [1.82, 2.24) is 14.3 Å². The quantitative estimate of drug-likeness (QED) is 0.121. The number of anilines is 1. The Balaban J connectivity index is 1.68. The molecule has 220 valence electrons. The highest BCUT2D eigenvalue weighted by atomic mass is 127. The van der Waals surface area contributed by atoms with E-state index in [0.29, 0.717) is 22.5 Å². The fraction of sp³-hybridized carbons (Fsp3) is 0.258. The third kappa shape index (κ3) is 6.99. The maximum atomic E-state index is 15.6. The van der Waals surface area contributed by atoms with Crippen molar-refractivity contribution in [2.24, 2.45) is 0 Å². The number of hydrogen-bond acceptors (Lipinski definition) is 4. The van der Waals surface area contributed by atoms with Gasteiger partial charge in [-0.2, -0.15) is 4.68 Å². The Hall–Kier alpha value is -3.35. The minimum atomic E-state index is -0.835. The molecule has 0 aliphatic carbocycles. The number of amides is 1. The van der Waals surface area contributed by atoms with Gasteiger partial charge in [0.15, 0.2) is 5.82 Å². The van der Waals surface area contributed by atoms with Gasteiger partial charge in [-0.25, -0.2) is 13.6 Å². The molecule has 0 unspecified atom stereocenters. The standard InChI is InChI=1S/C31H30ClF2IN4O3/c1-4-20(3)14-15-38(29-23(32)12-9-13-24(29)33)30(40)22-16-25(34)27(17-26(22)35)39-31(41)37(5-2)28(36-39)19-42-18-21-10-7-6-8-11-21/h6-14,16-17H,4-5,15,18-19H2,1-3H3. The summed E-state index contributed by atoms with van der Waals surface area (Å²) in [4.78, 5) is 28.1. The molecule has 11 heteroatoms. The van der Waals surface area contributed by atoms with Gasteiger partial charge in [0.2, 0.25) is 0 Å². The molecular formula is C31H30ClF2IN4O3. The molecule has 1 amide bonds. The number of rotatable bonds is 11. The van der Waals surface area contributed by atoms with Gasteiger partial charge >= 0.3 is 5.69 Å². The predicted octanol–water partition coefficient (Wildman–Crippen LogP) is 7.31. The van der Waals surface area contributed by atoms with Crippen molar-refractivity contribution in [3.05, 3.63) is 120 Å². The van der Waals surface area contributed by atoms with Crippen LogP contribution in [-0.2, 0) is 24.5 Å². The van der Waals surface area contributed by atoms with Gasteiger partial charge in [0.05, 0.1) is 22.9 Å². The van der Waals surface area contributed by atoms with Crippen molar-refractivity contribution >= 4 is 45.8 Å². The molecule has 0 radical (unpaired) electrons. The van der Waals surface area contributed by atoms with Crippen molar-refractivity contribution in [2.45, 2.75) is 47.0 Å². The fourth-order valence-corrected chi connectivity index (χ4v) is 5.22. The van der Waals surface area contributed by atoms with Crippen LogP contribution in [-0.4, -0.2) is 26.8 Å². The first kappa shape index (κ1) is 31.6. The summed E-state index contributed by atoms with van der Waals surface area (Å²) < 4.78 is 39.0. The smallest absolute Gasteiger partial charge is 0.350 e. The van der Waals surface area contributed by atoms with Crippen LogP contribution in [0, 0.1) is 15.2 Å². The number of nitrogens with zero attached hydrogens (tertiary/aromatic N) is 4. The second kappa shape index (κ2) is 14.2. The van der Waals surface area contributed by atoms with Crippen molar-refractivity contribution in [3.63, 3.8) is 0 Å². The Morgan fingerprint density at radius 3 is 2.48 bits per heavy atom. The minimum absolute atomic E-state index is 0.00638. The molecule has 0 spiro atoms. The van der Waals surface area contributed by atoms with Crippen molar-refractivity contribution in [3.8, 4) is 5.69 Å². The van der Waals surface area contributed by atoms with E-state index in [1.165, 1.54) is 33.7 Å². The lowest BCUT2D eigenvalue weighted by atomic mass is 10.1. The summed E-state index contributed by atoms with van der Waals surface area (Å²) >= 11 is 8.21. The van der Waals surface area contributed by atoms with E-state index in [2.05, 4.69) is 5.10 Å². The Morgan fingerprint density at radius 2 is 1.81 bits per heavy atom. The van der Waals surface area contributed by atoms with Crippen LogP contribution in [0.5, 0.6) is 0 Å². The van der Waals surface area contributed by atoms with Gasteiger partial charge in [-0.3, -0.25) is 9.36 Å². The molecule has 42 heavy (non-hydrogen) atoms. The van der Waals surface area contributed by atoms with Crippen LogP contribution in [0.3, 0.4) is 0 Å². The monoisotopic (exact) mass is 706 g/mol. The average molecular weight is 707 g/mol. The van der Waals surface area contributed by atoms with Crippen LogP contribution >= 0.6 is 34.2 Å². The molecule has 0 N–H and O–H groups in total. The SMILES string of the molecule is CCC(C)=CCN(C(=O)c1cc(F)c(-n2nc(COCc3ccccc3)n(CC)c2=O)cc1I)c1c(F)cccc1Cl. The normalized spacial score (nSPS) is 11.6. The number of para-hydroxylation sites is 1. The Kier molecular flexibility index (Phi) is 10.7. The van der Waals surface area contributed by atoms with Gasteiger partial charge in [0.25, 0.3) is 5.91 Å². The van der Waals surface area contributed by atoms with Crippen molar-refractivity contribution in [2.75, 3.05) is 11.4 Å². The van der Waals surface area contributed by atoms with Crippen molar-refractivity contribution in [1.29, 1.82) is 0 Å². The summed E-state index contributed by atoms with van der Waals surface area (Å²) in [5.74, 6) is -1.81. The van der Waals surface area contributed by atoms with Crippen LogP contribution in [0.15, 0.2) is 77.1 Å². The molecular weight excluding hydrogens is 677 g/mol. The number of carbonyl (C=O) groups excluding carboxylic acids is 1. The Labute approximate surface area is 261 Å². The predicted molar refractivity (Wildman–Crippen MR) is 168 cm³/mol. The summed E-state index contributed by atoms with van der Waals surface area (Å²) in [6.45, 7) is 6.36. The molecule has 0 aliphatic heterocycles. The lowest BCUT2D eigenvalue weighted by molar-refractivity contribution is 0.0987. The molecule has 4 rings (SSSR count). The first-order chi connectivity index (χ1) is 20.2. The second-order valence-electron chi connectivity index (χ2n) is 9.51. The zero-order chi connectivity index (χ0) is 30.4. The van der Waals surface area contributed by atoms with E-state index in [1.807, 2.05) is 66.8 Å². The van der Waals surface area contributed by atoms with Gasteiger partial charge in [-0.1, -0.05) is 66.6 Å². The van der Waals surface area contributed by atoms with E-state index in [9.17, 15) is 14.0 Å². The molecule has 0 saturated heterocycles. The number of aromatic nitrogens is 3. The van der Waals surface area contributed by atoms with Gasteiger partial charge in [0.1, 0.15) is 23.9 Å². The lowest BCUT2D eigenvalue weighted by Crippen LogP contribution is -2.33. The van der Waals surface area contributed by atoms with E-state index in [1.54, 1.807) is 13.0 Å². The number of ether oxygens (including phenoxy) is 1. The van der Waals surface area contributed by atoms with E-state index in [-0.39, 0.29) is 35.1 Å². The van der Waals surface area contributed by atoms with Crippen molar-refractivity contribution < 1.29 is 18.3 Å². The van der Waals surface area contributed by atoms with Crippen LogP contribution in [0.2, 0.25) is 5.02 Å². The first-order valence-electron chi connectivity index (χ1n) is 13.4. The van der Waals surface area contributed by atoms with E-state index < -0.39 is 23.2 Å². The molecule has 0 atom stereocenters. The lowest BCUT2D eigenvalue weighted by Gasteiger charge is -2.24. The molecule has 0 aliphatic rings. The van der Waals surface area contributed by atoms with E-state index in [0.717, 1.165) is 28.3 Å². The maximum Gasteiger partial charge on any atom is 0.350 e. The molecule has 1 heterocycles. The van der Waals surface area contributed by atoms with Gasteiger partial charge in [0, 0.05) is 16.7 Å². The molecule has 1 aromatic heterocycles. The molecule has 0 fully saturated rings. The van der Waals surface area contributed by atoms with E-state index in [4.69, 9.17) is 16.3 Å². The summed E-state index contributed by atoms with van der Waals surface area (Å²) in [6.07, 6.45) is 2.54. The van der Waals surface area contributed by atoms with Crippen LogP contribution in [0.4, 0.5) is 14.5 Å². The molecule has 0 saturated carbocycles. The fourth-order valence-electron chi connectivity index (χ4n) is 4.27. The number of hydrogen-bond donors (Lipinski definition) is 0. The van der Waals surface area contributed by atoms with Crippen LogP contribution in [0.25, 0.3) is 5.69 Å². The molecule has 7 nitrogen and oxygen atoms in total. The maximum absolute atomic E-state index is 15.6. The third-order valence-corrected chi connectivity index (χ3v) is 7.92. The highest BCUT2D eigenvalue weighted by Gasteiger charge is 2.26. The van der Waals surface area contributed by atoms with Gasteiger partial charge in [-0.15, -0.1) is 5.10 Å². The topological polar surface area (TPSA) is 69.4 Å². The zero-order valence-electron chi connectivity index (χ0n) is 23.4. The summed E-state index contributed by atoms with van der Waals surface area (Å²) in [5.41, 5.74) is 1.20. The number of benzene rings is 3. The third-order valence-electron chi connectivity index (χ3n) is 6.73. The van der Waals surface area contributed by atoms with Crippen LogP contribution in [0.1, 0.15) is 48.9 Å². The zero-order valence-corrected chi connectivity index (χ0v) is 26.3. The molecule has 4 aromatic rings.